The van der Waals surface area contributed by atoms with Crippen LogP contribution in [0.3, 0.4) is 0 Å². The summed E-state index contributed by atoms with van der Waals surface area (Å²) in [5.74, 6) is 1.54. The van der Waals surface area contributed by atoms with E-state index in [4.69, 9.17) is 4.42 Å². The van der Waals surface area contributed by atoms with E-state index in [9.17, 15) is 0 Å². The molecule has 2 rings (SSSR count). The van der Waals surface area contributed by atoms with Crippen molar-refractivity contribution in [2.24, 2.45) is 5.92 Å². The highest BCUT2D eigenvalue weighted by atomic mass is 127. The zero-order valence-corrected chi connectivity index (χ0v) is 12.8. The standard InChI is InChI=1S/C12H15IN2OS/c1-8(2)4-14-5-10-12(16-7-15-10)9-3-11(13)17-6-9/h3,6-8,14H,4-5H2,1-2H3. The Morgan fingerprint density at radius 1 is 1.53 bits per heavy atom. The quantitative estimate of drug-likeness (QED) is 0.824. The normalized spacial score (nSPS) is 11.3. The van der Waals surface area contributed by atoms with Crippen LogP contribution in [0.5, 0.6) is 0 Å². The lowest BCUT2D eigenvalue weighted by Gasteiger charge is -2.05. The van der Waals surface area contributed by atoms with Gasteiger partial charge in [-0.3, -0.25) is 0 Å². The summed E-state index contributed by atoms with van der Waals surface area (Å²) < 4.78 is 6.73. The van der Waals surface area contributed by atoms with Gasteiger partial charge in [0, 0.05) is 17.5 Å². The first-order valence-electron chi connectivity index (χ1n) is 5.54. The Labute approximate surface area is 119 Å². The van der Waals surface area contributed by atoms with Crippen LogP contribution >= 0.6 is 33.9 Å². The molecule has 0 spiro atoms. The molecule has 92 valence electrons. The van der Waals surface area contributed by atoms with Gasteiger partial charge in [-0.05, 0) is 41.1 Å². The van der Waals surface area contributed by atoms with Gasteiger partial charge in [0.05, 0.1) is 2.88 Å². The molecule has 0 amide bonds. The average molecular weight is 362 g/mol. The van der Waals surface area contributed by atoms with Crippen LogP contribution in [-0.4, -0.2) is 11.5 Å². The van der Waals surface area contributed by atoms with Crippen LogP contribution < -0.4 is 5.32 Å². The smallest absolute Gasteiger partial charge is 0.181 e. The summed E-state index contributed by atoms with van der Waals surface area (Å²) in [5, 5.41) is 5.49. The minimum Gasteiger partial charge on any atom is -0.443 e. The van der Waals surface area contributed by atoms with Crippen LogP contribution in [0.2, 0.25) is 0 Å². The number of rotatable bonds is 5. The monoisotopic (exact) mass is 362 g/mol. The Morgan fingerprint density at radius 2 is 2.35 bits per heavy atom. The average Bonchev–Trinajstić information content (AvgIpc) is 2.86. The summed E-state index contributed by atoms with van der Waals surface area (Å²) in [4.78, 5) is 4.27. The first-order chi connectivity index (χ1) is 8.16. The van der Waals surface area contributed by atoms with Gasteiger partial charge in [-0.15, -0.1) is 11.3 Å². The fourth-order valence-electron chi connectivity index (χ4n) is 1.54. The molecule has 2 heterocycles. The molecule has 0 fully saturated rings. The minimum atomic E-state index is 0.646. The van der Waals surface area contributed by atoms with Gasteiger partial charge in [-0.1, -0.05) is 13.8 Å². The Hall–Kier alpha value is -0.400. The number of thiophene rings is 1. The molecule has 3 nitrogen and oxygen atoms in total. The van der Waals surface area contributed by atoms with Crippen molar-refractivity contribution in [2.45, 2.75) is 20.4 Å². The lowest BCUT2D eigenvalue weighted by Crippen LogP contribution is -2.19. The number of halogens is 1. The van der Waals surface area contributed by atoms with E-state index in [-0.39, 0.29) is 0 Å². The predicted molar refractivity (Wildman–Crippen MR) is 79.1 cm³/mol. The molecule has 0 saturated carbocycles. The molecule has 0 bridgehead atoms. The lowest BCUT2D eigenvalue weighted by molar-refractivity contribution is 0.545. The summed E-state index contributed by atoms with van der Waals surface area (Å²) in [6.07, 6.45) is 1.52. The van der Waals surface area contributed by atoms with Crippen LogP contribution in [0.1, 0.15) is 19.5 Å². The molecular weight excluding hydrogens is 347 g/mol. The van der Waals surface area contributed by atoms with Gasteiger partial charge in [0.1, 0.15) is 5.69 Å². The highest BCUT2D eigenvalue weighted by molar-refractivity contribution is 14.1. The predicted octanol–water partition coefficient (Wildman–Crippen LogP) is 3.75. The van der Waals surface area contributed by atoms with Crippen LogP contribution in [0.4, 0.5) is 0 Å². The van der Waals surface area contributed by atoms with Crippen LogP contribution in [0, 0.1) is 8.80 Å². The zero-order chi connectivity index (χ0) is 12.3. The van der Waals surface area contributed by atoms with Crippen molar-refractivity contribution in [3.63, 3.8) is 0 Å². The second-order valence-electron chi connectivity index (χ2n) is 4.29. The summed E-state index contributed by atoms with van der Waals surface area (Å²) >= 11 is 4.03. The summed E-state index contributed by atoms with van der Waals surface area (Å²) in [6, 6.07) is 2.12. The number of aromatic nitrogens is 1. The summed E-state index contributed by atoms with van der Waals surface area (Å²) in [6.45, 7) is 6.14. The maximum Gasteiger partial charge on any atom is 0.181 e. The van der Waals surface area contributed by atoms with E-state index in [1.807, 2.05) is 0 Å². The molecule has 0 atom stereocenters. The second kappa shape index (κ2) is 5.97. The van der Waals surface area contributed by atoms with E-state index < -0.39 is 0 Å². The number of nitrogens with zero attached hydrogens (tertiary/aromatic N) is 1. The highest BCUT2D eigenvalue weighted by Gasteiger charge is 2.11. The molecule has 2 aromatic rings. The van der Waals surface area contributed by atoms with E-state index in [1.54, 1.807) is 11.3 Å². The van der Waals surface area contributed by atoms with Gasteiger partial charge in [0.25, 0.3) is 0 Å². The third-order valence-corrected chi connectivity index (χ3v) is 4.10. The Morgan fingerprint density at radius 3 is 3.00 bits per heavy atom. The van der Waals surface area contributed by atoms with Gasteiger partial charge in [-0.2, -0.15) is 0 Å². The Bertz CT molecular complexity index is 478. The van der Waals surface area contributed by atoms with Crippen LogP contribution in [0.25, 0.3) is 11.3 Å². The van der Waals surface area contributed by atoms with E-state index in [2.05, 4.69) is 58.2 Å². The minimum absolute atomic E-state index is 0.646. The molecule has 0 aliphatic carbocycles. The summed E-state index contributed by atoms with van der Waals surface area (Å²) in [7, 11) is 0. The van der Waals surface area contributed by atoms with Gasteiger partial charge < -0.3 is 9.73 Å². The molecule has 0 aromatic carbocycles. The summed E-state index contributed by atoms with van der Waals surface area (Å²) in [5.41, 5.74) is 2.11. The molecule has 0 saturated heterocycles. The fraction of sp³-hybridized carbons (Fsp3) is 0.417. The van der Waals surface area contributed by atoms with Crippen molar-refractivity contribution < 1.29 is 4.42 Å². The zero-order valence-electron chi connectivity index (χ0n) is 9.87. The van der Waals surface area contributed by atoms with Crippen molar-refractivity contribution >= 4 is 33.9 Å². The maximum absolute atomic E-state index is 5.47. The molecular formula is C12H15IN2OS. The van der Waals surface area contributed by atoms with Crippen molar-refractivity contribution in [1.29, 1.82) is 0 Å². The molecule has 5 heteroatoms. The molecule has 1 N–H and O–H groups in total. The first kappa shape index (κ1) is 13.0. The maximum atomic E-state index is 5.47. The van der Waals surface area contributed by atoms with Crippen LogP contribution in [0.15, 0.2) is 22.3 Å². The highest BCUT2D eigenvalue weighted by Crippen LogP contribution is 2.28. The SMILES string of the molecule is CC(C)CNCc1ncoc1-c1csc(I)c1. The largest absolute Gasteiger partial charge is 0.443 e. The Balaban J connectivity index is 2.07. The van der Waals surface area contributed by atoms with Crippen LogP contribution in [-0.2, 0) is 6.54 Å². The van der Waals surface area contributed by atoms with Gasteiger partial charge in [0.15, 0.2) is 12.2 Å². The van der Waals surface area contributed by atoms with Gasteiger partial charge >= 0.3 is 0 Å². The number of hydrogen-bond acceptors (Lipinski definition) is 4. The molecule has 0 radical (unpaired) electrons. The molecule has 2 aromatic heterocycles. The topological polar surface area (TPSA) is 38.1 Å². The van der Waals surface area contributed by atoms with Crippen molar-refractivity contribution in [1.82, 2.24) is 10.3 Å². The van der Waals surface area contributed by atoms with Crippen molar-refractivity contribution in [3.8, 4) is 11.3 Å². The molecule has 0 unspecified atom stereocenters. The lowest BCUT2D eigenvalue weighted by atomic mass is 10.2. The van der Waals surface area contributed by atoms with E-state index >= 15 is 0 Å². The second-order valence-corrected chi connectivity index (χ2v) is 7.10. The van der Waals surface area contributed by atoms with Gasteiger partial charge in [0.2, 0.25) is 0 Å². The first-order valence-corrected chi connectivity index (χ1v) is 7.50. The number of hydrogen-bond donors (Lipinski definition) is 1. The third-order valence-electron chi connectivity index (χ3n) is 2.32. The number of oxazole rings is 1. The van der Waals surface area contributed by atoms with E-state index in [1.165, 1.54) is 9.28 Å². The van der Waals surface area contributed by atoms with Crippen molar-refractivity contribution in [3.05, 3.63) is 26.4 Å². The molecule has 17 heavy (non-hydrogen) atoms. The van der Waals surface area contributed by atoms with E-state index in [0.29, 0.717) is 5.92 Å². The van der Waals surface area contributed by atoms with Gasteiger partial charge in [-0.25, -0.2) is 4.98 Å². The molecule has 0 aliphatic heterocycles. The Kier molecular flexibility index (Phi) is 4.58. The molecule has 0 aliphatic rings. The third kappa shape index (κ3) is 3.53. The fourth-order valence-corrected chi connectivity index (χ4v) is 2.86. The van der Waals surface area contributed by atoms with E-state index in [0.717, 1.165) is 30.1 Å². The number of nitrogens with one attached hydrogen (secondary N) is 1. The van der Waals surface area contributed by atoms with Crippen molar-refractivity contribution in [2.75, 3.05) is 6.54 Å².